The van der Waals surface area contributed by atoms with Gasteiger partial charge in [0.1, 0.15) is 0 Å². The van der Waals surface area contributed by atoms with Gasteiger partial charge in [0.2, 0.25) is 0 Å². The van der Waals surface area contributed by atoms with Crippen molar-refractivity contribution >= 4 is 21.6 Å². The lowest BCUT2D eigenvalue weighted by molar-refractivity contribution is 0.108. The van der Waals surface area contributed by atoms with Crippen LogP contribution < -0.4 is 5.73 Å². The lowest BCUT2D eigenvalue weighted by Gasteiger charge is -2.39. The molecule has 1 aliphatic heterocycles. The summed E-state index contributed by atoms with van der Waals surface area (Å²) in [6.07, 6.45) is 2.60. The van der Waals surface area contributed by atoms with E-state index in [0.29, 0.717) is 5.41 Å². The average Bonchev–Trinajstić information content (AvgIpc) is 2.33. The third-order valence-corrected chi connectivity index (χ3v) is 5.09. The maximum Gasteiger partial charge on any atom is 0.0371 e. The highest BCUT2D eigenvalue weighted by Crippen LogP contribution is 2.35. The third-order valence-electron chi connectivity index (χ3n) is 4.35. The van der Waals surface area contributed by atoms with Gasteiger partial charge >= 0.3 is 0 Å². The van der Waals surface area contributed by atoms with E-state index in [1.807, 2.05) is 12.1 Å². The summed E-state index contributed by atoms with van der Waals surface area (Å²) in [7, 11) is 0. The number of halogens is 1. The second-order valence-electron chi connectivity index (χ2n) is 6.72. The molecule has 0 aliphatic carbocycles. The Balaban J connectivity index is 1.96. The molecule has 19 heavy (non-hydrogen) atoms. The van der Waals surface area contributed by atoms with Gasteiger partial charge in [-0.2, -0.15) is 0 Å². The number of benzene rings is 1. The van der Waals surface area contributed by atoms with Crippen LogP contribution in [0.5, 0.6) is 0 Å². The molecule has 0 saturated carbocycles. The fourth-order valence-electron chi connectivity index (χ4n) is 2.92. The molecule has 0 amide bonds. The first-order valence-electron chi connectivity index (χ1n) is 7.13. The highest BCUT2D eigenvalue weighted by molar-refractivity contribution is 9.10. The molecule has 0 spiro atoms. The van der Waals surface area contributed by atoms with E-state index in [-0.39, 0.29) is 0 Å². The summed E-state index contributed by atoms with van der Waals surface area (Å²) < 4.78 is 1.13. The third kappa shape index (κ3) is 3.73. The molecule has 1 heterocycles. The minimum absolute atomic E-state index is 0.443. The molecule has 3 heteroatoms. The number of nitrogens with two attached hydrogens (primary N) is 1. The second kappa shape index (κ2) is 5.84. The molecule has 1 aromatic carbocycles. The lowest BCUT2D eigenvalue weighted by atomic mass is 9.75. The Morgan fingerprint density at radius 3 is 2.42 bits per heavy atom. The average molecular weight is 325 g/mol. The number of nitrogens with zero attached hydrogens (tertiary/aromatic N) is 1. The van der Waals surface area contributed by atoms with E-state index in [1.54, 1.807) is 0 Å². The van der Waals surface area contributed by atoms with Gasteiger partial charge in [-0.1, -0.05) is 42.8 Å². The molecule has 1 aromatic rings. The zero-order chi connectivity index (χ0) is 14.0. The first-order chi connectivity index (χ1) is 8.88. The van der Waals surface area contributed by atoms with E-state index in [4.69, 9.17) is 5.73 Å². The van der Waals surface area contributed by atoms with E-state index >= 15 is 0 Å². The quantitative estimate of drug-likeness (QED) is 0.822. The number of likely N-dealkylation sites (tertiary alicyclic amines) is 1. The first-order valence-corrected chi connectivity index (χ1v) is 7.92. The Morgan fingerprint density at radius 1 is 1.26 bits per heavy atom. The topological polar surface area (TPSA) is 29.3 Å². The predicted octanol–water partition coefficient (Wildman–Crippen LogP) is 4.29. The fraction of sp³-hybridized carbons (Fsp3) is 0.625. The number of anilines is 1. The summed E-state index contributed by atoms with van der Waals surface area (Å²) >= 11 is 3.61. The molecule has 106 valence electrons. The monoisotopic (exact) mass is 324 g/mol. The molecule has 2 nitrogen and oxygen atoms in total. The van der Waals surface area contributed by atoms with Crippen LogP contribution in [0.2, 0.25) is 0 Å². The SMILES string of the molecule is CC(C)(C)C1CCN(Cc2c(N)cccc2Br)CC1. The van der Waals surface area contributed by atoms with Crippen LogP contribution in [0.3, 0.4) is 0 Å². The molecule has 1 fully saturated rings. The molecule has 2 rings (SSSR count). The van der Waals surface area contributed by atoms with E-state index in [9.17, 15) is 0 Å². The van der Waals surface area contributed by atoms with Crippen molar-refractivity contribution in [2.75, 3.05) is 18.8 Å². The van der Waals surface area contributed by atoms with Crippen LogP contribution >= 0.6 is 15.9 Å². The van der Waals surface area contributed by atoms with Gasteiger partial charge in [-0.15, -0.1) is 0 Å². The maximum atomic E-state index is 6.08. The lowest BCUT2D eigenvalue weighted by Crippen LogP contribution is -2.37. The Hall–Kier alpha value is -0.540. The number of piperidine rings is 1. The van der Waals surface area contributed by atoms with Gasteiger partial charge in [0.05, 0.1) is 0 Å². The predicted molar refractivity (Wildman–Crippen MR) is 86.0 cm³/mol. The van der Waals surface area contributed by atoms with E-state index in [2.05, 4.69) is 47.7 Å². The highest BCUT2D eigenvalue weighted by atomic mass is 79.9. The van der Waals surface area contributed by atoms with Crippen LogP contribution in [0.25, 0.3) is 0 Å². The normalized spacial score (nSPS) is 18.7. The highest BCUT2D eigenvalue weighted by Gasteiger charge is 2.28. The van der Waals surface area contributed by atoms with Gasteiger partial charge in [0, 0.05) is 22.3 Å². The Labute approximate surface area is 125 Å². The number of hydrogen-bond acceptors (Lipinski definition) is 2. The van der Waals surface area contributed by atoms with Crippen molar-refractivity contribution in [1.82, 2.24) is 4.90 Å². The first kappa shape index (κ1) is 14.9. The molecular weight excluding hydrogens is 300 g/mol. The van der Waals surface area contributed by atoms with Crippen LogP contribution in [0.15, 0.2) is 22.7 Å². The van der Waals surface area contributed by atoms with Crippen molar-refractivity contribution in [3.05, 3.63) is 28.2 Å². The standard InChI is InChI=1S/C16H25BrN2/c1-16(2,3)12-7-9-19(10-8-12)11-13-14(17)5-4-6-15(13)18/h4-6,12H,7-11,18H2,1-3H3. The van der Waals surface area contributed by atoms with E-state index < -0.39 is 0 Å². The fourth-order valence-corrected chi connectivity index (χ4v) is 3.43. The molecule has 1 aliphatic rings. The molecule has 0 aromatic heterocycles. The summed E-state index contributed by atoms with van der Waals surface area (Å²) in [4.78, 5) is 2.53. The number of hydrogen-bond donors (Lipinski definition) is 1. The van der Waals surface area contributed by atoms with Crippen molar-refractivity contribution < 1.29 is 0 Å². The molecular formula is C16H25BrN2. The molecule has 0 radical (unpaired) electrons. The minimum Gasteiger partial charge on any atom is -0.398 e. The molecule has 0 bridgehead atoms. The Morgan fingerprint density at radius 2 is 1.89 bits per heavy atom. The maximum absolute atomic E-state index is 6.08. The van der Waals surface area contributed by atoms with Gasteiger partial charge in [-0.25, -0.2) is 0 Å². The van der Waals surface area contributed by atoms with E-state index in [0.717, 1.165) is 22.6 Å². The summed E-state index contributed by atoms with van der Waals surface area (Å²) in [5.41, 5.74) is 8.65. The van der Waals surface area contributed by atoms with Crippen LogP contribution in [-0.2, 0) is 6.54 Å². The van der Waals surface area contributed by atoms with Gasteiger partial charge < -0.3 is 5.73 Å². The van der Waals surface area contributed by atoms with Gasteiger partial charge in [-0.05, 0) is 49.4 Å². The smallest absolute Gasteiger partial charge is 0.0371 e. The molecule has 0 unspecified atom stereocenters. The number of nitrogen functional groups attached to an aromatic ring is 1. The van der Waals surface area contributed by atoms with Crippen LogP contribution in [0.1, 0.15) is 39.2 Å². The summed E-state index contributed by atoms with van der Waals surface area (Å²) in [6.45, 7) is 10.4. The zero-order valence-electron chi connectivity index (χ0n) is 12.2. The minimum atomic E-state index is 0.443. The summed E-state index contributed by atoms with van der Waals surface area (Å²) in [6, 6.07) is 6.06. The van der Waals surface area contributed by atoms with Crippen molar-refractivity contribution in [2.45, 2.75) is 40.2 Å². The Kier molecular flexibility index (Phi) is 4.57. The summed E-state index contributed by atoms with van der Waals surface area (Å²) in [5.74, 6) is 0.848. The van der Waals surface area contributed by atoms with Crippen molar-refractivity contribution in [2.24, 2.45) is 11.3 Å². The van der Waals surface area contributed by atoms with Crippen molar-refractivity contribution in [3.63, 3.8) is 0 Å². The Bertz CT molecular complexity index is 409. The molecule has 0 atom stereocenters. The van der Waals surface area contributed by atoms with Gasteiger partial charge in [0.15, 0.2) is 0 Å². The van der Waals surface area contributed by atoms with Crippen molar-refractivity contribution in [1.29, 1.82) is 0 Å². The molecule has 2 N–H and O–H groups in total. The van der Waals surface area contributed by atoms with Crippen molar-refractivity contribution in [3.8, 4) is 0 Å². The van der Waals surface area contributed by atoms with Gasteiger partial charge in [0.25, 0.3) is 0 Å². The van der Waals surface area contributed by atoms with Crippen LogP contribution in [0, 0.1) is 11.3 Å². The number of rotatable bonds is 2. The zero-order valence-corrected chi connectivity index (χ0v) is 13.8. The van der Waals surface area contributed by atoms with E-state index in [1.165, 1.54) is 31.5 Å². The van der Waals surface area contributed by atoms with Crippen LogP contribution in [0.4, 0.5) is 5.69 Å². The molecule has 1 saturated heterocycles. The second-order valence-corrected chi connectivity index (χ2v) is 7.58. The van der Waals surface area contributed by atoms with Crippen LogP contribution in [-0.4, -0.2) is 18.0 Å². The van der Waals surface area contributed by atoms with Gasteiger partial charge in [-0.3, -0.25) is 4.90 Å². The summed E-state index contributed by atoms with van der Waals surface area (Å²) in [5, 5.41) is 0. The largest absolute Gasteiger partial charge is 0.398 e.